The summed E-state index contributed by atoms with van der Waals surface area (Å²) in [5.74, 6) is 2.42. The Labute approximate surface area is 197 Å². The minimum Gasteiger partial charge on any atom is -0.493 e. The predicted octanol–water partition coefficient (Wildman–Crippen LogP) is 6.33. The molecular formula is C26H28BrNO4. The Morgan fingerprint density at radius 1 is 1.22 bits per heavy atom. The quantitative estimate of drug-likeness (QED) is 0.340. The average molecular weight is 498 g/mol. The number of ether oxygens (including phenoxy) is 2. The van der Waals surface area contributed by atoms with E-state index in [1.54, 1.807) is 0 Å². The molecule has 0 saturated heterocycles. The van der Waals surface area contributed by atoms with Crippen LogP contribution >= 0.6 is 15.9 Å². The molecule has 5 nitrogen and oxygen atoms in total. The van der Waals surface area contributed by atoms with Crippen LogP contribution in [-0.4, -0.2) is 24.2 Å². The molecule has 4 rings (SSSR count). The molecule has 1 aliphatic carbocycles. The van der Waals surface area contributed by atoms with Crippen molar-refractivity contribution >= 4 is 21.9 Å². The van der Waals surface area contributed by atoms with E-state index in [1.807, 2.05) is 38.1 Å². The maximum Gasteiger partial charge on any atom is 0.306 e. The van der Waals surface area contributed by atoms with Gasteiger partial charge < -0.3 is 13.9 Å². The lowest BCUT2D eigenvalue weighted by molar-refractivity contribution is -0.143. The van der Waals surface area contributed by atoms with Crippen LogP contribution in [0.1, 0.15) is 53.8 Å². The lowest BCUT2D eigenvalue weighted by Gasteiger charge is -2.12. The molecule has 0 unspecified atom stereocenters. The third-order valence-electron chi connectivity index (χ3n) is 5.95. The van der Waals surface area contributed by atoms with Crippen molar-refractivity contribution in [2.75, 3.05) is 13.2 Å². The van der Waals surface area contributed by atoms with Gasteiger partial charge in [0.2, 0.25) is 5.89 Å². The van der Waals surface area contributed by atoms with E-state index in [4.69, 9.17) is 13.9 Å². The Morgan fingerprint density at radius 3 is 2.84 bits per heavy atom. The van der Waals surface area contributed by atoms with Gasteiger partial charge in [0.1, 0.15) is 11.5 Å². The molecule has 1 aromatic heterocycles. The number of hydrogen-bond acceptors (Lipinski definition) is 5. The molecule has 0 spiro atoms. The fourth-order valence-electron chi connectivity index (χ4n) is 4.18. The summed E-state index contributed by atoms with van der Waals surface area (Å²) in [5.41, 5.74) is 5.54. The minimum atomic E-state index is -0.119. The normalized spacial score (nSPS) is 14.9. The topological polar surface area (TPSA) is 61.6 Å². The maximum absolute atomic E-state index is 11.8. The first-order chi connectivity index (χ1) is 15.4. The second-order valence-electron chi connectivity index (χ2n) is 8.19. The number of halogens is 1. The van der Waals surface area contributed by atoms with Gasteiger partial charge in [0.05, 0.1) is 25.3 Å². The van der Waals surface area contributed by atoms with Crippen molar-refractivity contribution in [3.05, 3.63) is 69.0 Å². The number of carbonyl (C=O) groups excluding carboxylic acids is 1. The lowest BCUT2D eigenvalue weighted by Crippen LogP contribution is -2.08. The van der Waals surface area contributed by atoms with E-state index in [9.17, 15) is 4.79 Å². The van der Waals surface area contributed by atoms with Gasteiger partial charge >= 0.3 is 5.97 Å². The molecule has 2 aromatic carbocycles. The van der Waals surface area contributed by atoms with Crippen LogP contribution in [0.25, 0.3) is 11.5 Å². The molecule has 168 valence electrons. The largest absolute Gasteiger partial charge is 0.493 e. The molecule has 32 heavy (non-hydrogen) atoms. The molecule has 0 N–H and O–H groups in total. The van der Waals surface area contributed by atoms with Gasteiger partial charge in [-0.2, -0.15) is 0 Å². The number of aryl methyl sites for hydroxylation is 3. The molecule has 0 fully saturated rings. The van der Waals surface area contributed by atoms with Gasteiger partial charge in [-0.05, 0) is 80.5 Å². The highest BCUT2D eigenvalue weighted by atomic mass is 79.9. The van der Waals surface area contributed by atoms with E-state index in [-0.39, 0.29) is 11.9 Å². The summed E-state index contributed by atoms with van der Waals surface area (Å²) >= 11 is 3.57. The average Bonchev–Trinajstić information content (AvgIpc) is 3.33. The first-order valence-electron chi connectivity index (χ1n) is 11.1. The molecule has 1 atom stereocenters. The molecule has 3 aromatic rings. The second-order valence-corrected chi connectivity index (χ2v) is 9.04. The van der Waals surface area contributed by atoms with Crippen LogP contribution in [0, 0.1) is 13.8 Å². The zero-order valence-electron chi connectivity index (χ0n) is 18.7. The summed E-state index contributed by atoms with van der Waals surface area (Å²) in [6.45, 7) is 6.79. The molecule has 6 heteroatoms. The van der Waals surface area contributed by atoms with Gasteiger partial charge in [-0.15, -0.1) is 0 Å². The smallest absolute Gasteiger partial charge is 0.306 e. The van der Waals surface area contributed by atoms with Crippen LogP contribution in [0.15, 0.2) is 45.3 Å². The van der Waals surface area contributed by atoms with E-state index in [1.165, 1.54) is 16.7 Å². The van der Waals surface area contributed by atoms with Gasteiger partial charge in [0, 0.05) is 16.5 Å². The molecule has 0 amide bonds. The predicted molar refractivity (Wildman–Crippen MR) is 127 cm³/mol. The lowest BCUT2D eigenvalue weighted by atomic mass is 9.98. The van der Waals surface area contributed by atoms with Crippen LogP contribution < -0.4 is 4.74 Å². The highest BCUT2D eigenvalue weighted by Gasteiger charge is 2.25. The first kappa shape index (κ1) is 22.6. The second kappa shape index (κ2) is 9.90. The first-order valence-corrected chi connectivity index (χ1v) is 11.9. The van der Waals surface area contributed by atoms with Crippen molar-refractivity contribution in [3.63, 3.8) is 0 Å². The van der Waals surface area contributed by atoms with Crippen LogP contribution in [0.3, 0.4) is 0 Å². The number of rotatable bonds is 8. The summed E-state index contributed by atoms with van der Waals surface area (Å²) in [5, 5.41) is 0. The SMILES string of the molecule is CCOC(=O)C[C@@H]1CCc2cc(OCCc3nc(-c4ccc(C)c(Br)c4)oc3C)ccc21. The Morgan fingerprint density at radius 2 is 2.06 bits per heavy atom. The summed E-state index contributed by atoms with van der Waals surface area (Å²) in [6.07, 6.45) is 3.07. The Hall–Kier alpha value is -2.60. The van der Waals surface area contributed by atoms with Crippen molar-refractivity contribution in [1.29, 1.82) is 0 Å². The van der Waals surface area contributed by atoms with Crippen molar-refractivity contribution in [2.45, 2.75) is 52.4 Å². The van der Waals surface area contributed by atoms with Crippen LogP contribution in [0.4, 0.5) is 0 Å². The highest BCUT2D eigenvalue weighted by Crippen LogP contribution is 2.37. The summed E-state index contributed by atoms with van der Waals surface area (Å²) in [6, 6.07) is 12.3. The van der Waals surface area contributed by atoms with Crippen LogP contribution in [0.2, 0.25) is 0 Å². The minimum absolute atomic E-state index is 0.119. The molecule has 1 aliphatic rings. The summed E-state index contributed by atoms with van der Waals surface area (Å²) < 4.78 is 18.1. The third kappa shape index (κ3) is 5.07. The zero-order valence-corrected chi connectivity index (χ0v) is 20.3. The van der Waals surface area contributed by atoms with Crippen molar-refractivity contribution in [2.24, 2.45) is 0 Å². The van der Waals surface area contributed by atoms with Crippen molar-refractivity contribution in [3.8, 4) is 17.2 Å². The van der Waals surface area contributed by atoms with E-state index in [0.717, 1.165) is 40.1 Å². The number of carbonyl (C=O) groups is 1. The Balaban J connectivity index is 1.36. The molecule has 0 bridgehead atoms. The summed E-state index contributed by atoms with van der Waals surface area (Å²) in [4.78, 5) is 16.5. The number of aromatic nitrogens is 1. The third-order valence-corrected chi connectivity index (χ3v) is 6.81. The Bertz CT molecular complexity index is 1120. The van der Waals surface area contributed by atoms with Gasteiger partial charge in [-0.1, -0.05) is 28.1 Å². The highest BCUT2D eigenvalue weighted by molar-refractivity contribution is 9.10. The number of oxazole rings is 1. The standard InChI is InChI=1S/C26H28BrNO4/c1-4-30-25(29)15-19-8-7-18-13-21(9-10-22(18)19)31-12-11-24-17(3)32-26(28-24)20-6-5-16(2)23(27)14-20/h5-6,9-10,13-14,19H,4,7-8,11-12,15H2,1-3H3/t19-/m0/s1. The number of hydrogen-bond donors (Lipinski definition) is 0. The van der Waals surface area contributed by atoms with Crippen molar-refractivity contribution < 1.29 is 18.7 Å². The maximum atomic E-state index is 11.8. The molecular weight excluding hydrogens is 470 g/mol. The number of nitrogens with zero attached hydrogens (tertiary/aromatic N) is 1. The van der Waals surface area contributed by atoms with Crippen LogP contribution in [-0.2, 0) is 22.4 Å². The number of benzene rings is 2. The van der Waals surface area contributed by atoms with Gasteiger partial charge in [-0.25, -0.2) is 4.98 Å². The van der Waals surface area contributed by atoms with Gasteiger partial charge in [0.25, 0.3) is 0 Å². The Kier molecular flexibility index (Phi) is 6.99. The van der Waals surface area contributed by atoms with E-state index >= 15 is 0 Å². The zero-order chi connectivity index (χ0) is 22.7. The molecule has 0 radical (unpaired) electrons. The fourth-order valence-corrected chi connectivity index (χ4v) is 4.56. The fraction of sp³-hybridized carbons (Fsp3) is 0.385. The summed E-state index contributed by atoms with van der Waals surface area (Å²) in [7, 11) is 0. The van der Waals surface area contributed by atoms with Crippen molar-refractivity contribution in [1.82, 2.24) is 4.98 Å². The monoisotopic (exact) mass is 497 g/mol. The molecule has 0 saturated carbocycles. The van der Waals surface area contributed by atoms with E-state index < -0.39 is 0 Å². The van der Waals surface area contributed by atoms with Crippen LogP contribution in [0.5, 0.6) is 5.75 Å². The molecule has 0 aliphatic heterocycles. The number of esters is 1. The number of fused-ring (bicyclic) bond motifs is 1. The van der Waals surface area contributed by atoms with E-state index in [2.05, 4.69) is 40.0 Å². The van der Waals surface area contributed by atoms with E-state index in [0.29, 0.717) is 31.9 Å². The molecule has 1 heterocycles. The van der Waals surface area contributed by atoms with Gasteiger partial charge in [-0.3, -0.25) is 4.79 Å². The van der Waals surface area contributed by atoms with Gasteiger partial charge in [0.15, 0.2) is 0 Å².